The van der Waals surface area contributed by atoms with Crippen LogP contribution in [0.3, 0.4) is 0 Å². The van der Waals surface area contributed by atoms with E-state index in [2.05, 4.69) is 0 Å². The number of hydrogen-bond donors (Lipinski definition) is 1. The Kier molecular flexibility index (Phi) is 4.20. The fourth-order valence-electron chi connectivity index (χ4n) is 2.36. The van der Waals surface area contributed by atoms with Crippen LogP contribution in [0.25, 0.3) is 0 Å². The fraction of sp³-hybridized carbons (Fsp3) is 0. The van der Waals surface area contributed by atoms with Crippen LogP contribution >= 0.6 is 0 Å². The number of carbonyl (C=O) groups is 2. The van der Waals surface area contributed by atoms with Gasteiger partial charge in [0.05, 0.1) is 5.56 Å². The van der Waals surface area contributed by atoms with E-state index in [9.17, 15) is 19.1 Å². The van der Waals surface area contributed by atoms with E-state index < -0.39 is 5.82 Å². The number of phenolic OH excluding ortho intramolecular Hbond substituents is 1. The molecule has 0 radical (unpaired) electrons. The minimum absolute atomic E-state index is 0.0889. The number of ketones is 2. The molecule has 0 amide bonds. The zero-order valence-corrected chi connectivity index (χ0v) is 12.6. The Morgan fingerprint density at radius 2 is 1.12 bits per heavy atom. The summed E-state index contributed by atoms with van der Waals surface area (Å²) in [7, 11) is 0. The molecule has 0 fully saturated rings. The Labute approximate surface area is 138 Å². The molecule has 1 N–H and O–H groups in total. The number of phenols is 1. The van der Waals surface area contributed by atoms with Crippen LogP contribution in [0.15, 0.2) is 72.8 Å². The quantitative estimate of drug-likeness (QED) is 0.739. The average Bonchev–Trinajstić information content (AvgIpc) is 2.62. The zero-order valence-electron chi connectivity index (χ0n) is 12.6. The van der Waals surface area contributed by atoms with Crippen LogP contribution in [0.5, 0.6) is 5.75 Å². The molecular weight excluding hydrogens is 307 g/mol. The summed E-state index contributed by atoms with van der Waals surface area (Å²) in [6.45, 7) is 0. The highest BCUT2D eigenvalue weighted by atomic mass is 19.1. The average molecular weight is 320 g/mol. The number of para-hydroxylation sites is 1. The van der Waals surface area contributed by atoms with Crippen LogP contribution in [-0.4, -0.2) is 16.7 Å². The van der Waals surface area contributed by atoms with Gasteiger partial charge in [0.1, 0.15) is 11.6 Å². The highest BCUT2D eigenvalue weighted by Crippen LogP contribution is 2.20. The van der Waals surface area contributed by atoms with Crippen molar-refractivity contribution in [2.45, 2.75) is 0 Å². The van der Waals surface area contributed by atoms with Gasteiger partial charge in [0.15, 0.2) is 11.6 Å². The van der Waals surface area contributed by atoms with Crippen LogP contribution in [0.2, 0.25) is 0 Å². The topological polar surface area (TPSA) is 54.4 Å². The molecule has 3 rings (SSSR count). The second kappa shape index (κ2) is 6.46. The molecule has 0 unspecified atom stereocenters. The summed E-state index contributed by atoms with van der Waals surface area (Å²) in [6.07, 6.45) is 0. The third kappa shape index (κ3) is 3.08. The van der Waals surface area contributed by atoms with Gasteiger partial charge in [-0.05, 0) is 36.4 Å². The molecule has 0 aliphatic heterocycles. The van der Waals surface area contributed by atoms with Crippen molar-refractivity contribution < 1.29 is 19.1 Å². The van der Waals surface area contributed by atoms with Gasteiger partial charge in [-0.25, -0.2) is 4.39 Å². The molecule has 0 bridgehead atoms. The van der Waals surface area contributed by atoms with E-state index in [0.29, 0.717) is 16.7 Å². The molecule has 0 aliphatic rings. The Morgan fingerprint density at radius 3 is 1.67 bits per heavy atom. The lowest BCUT2D eigenvalue weighted by Crippen LogP contribution is -2.04. The molecule has 3 aromatic carbocycles. The van der Waals surface area contributed by atoms with Crippen molar-refractivity contribution in [1.29, 1.82) is 0 Å². The predicted molar refractivity (Wildman–Crippen MR) is 87.8 cm³/mol. The molecule has 118 valence electrons. The summed E-state index contributed by atoms with van der Waals surface area (Å²) in [5, 5.41) is 9.75. The van der Waals surface area contributed by atoms with Crippen LogP contribution in [-0.2, 0) is 0 Å². The number of carbonyl (C=O) groups excluding carboxylic acids is 2. The molecule has 0 atom stereocenters. The molecule has 0 heterocycles. The van der Waals surface area contributed by atoms with E-state index in [4.69, 9.17) is 0 Å². The highest BCUT2D eigenvalue weighted by Gasteiger charge is 2.14. The Balaban J connectivity index is 1.85. The van der Waals surface area contributed by atoms with Crippen molar-refractivity contribution in [2.75, 3.05) is 0 Å². The summed E-state index contributed by atoms with van der Waals surface area (Å²) < 4.78 is 12.9. The third-order valence-electron chi connectivity index (χ3n) is 3.66. The lowest BCUT2D eigenvalue weighted by atomic mass is 9.98. The maximum Gasteiger partial charge on any atom is 0.196 e. The van der Waals surface area contributed by atoms with Crippen molar-refractivity contribution in [3.05, 3.63) is 101 Å². The van der Waals surface area contributed by atoms with Gasteiger partial charge in [-0.3, -0.25) is 9.59 Å². The van der Waals surface area contributed by atoms with Gasteiger partial charge in [0, 0.05) is 16.7 Å². The summed E-state index contributed by atoms with van der Waals surface area (Å²) >= 11 is 0. The van der Waals surface area contributed by atoms with Crippen molar-refractivity contribution in [3.8, 4) is 5.75 Å². The molecule has 0 saturated carbocycles. The molecule has 4 heteroatoms. The largest absolute Gasteiger partial charge is 0.507 e. The summed E-state index contributed by atoms with van der Waals surface area (Å²) in [5.74, 6) is -1.07. The molecule has 24 heavy (non-hydrogen) atoms. The molecule has 3 aromatic rings. The minimum atomic E-state index is -0.407. The standard InChI is InChI=1S/C20H13FO3/c21-16-11-9-14(10-12-16)19(23)13-5-7-15(8-6-13)20(24)17-3-1-2-4-18(17)22/h1-12,22H. The first kappa shape index (κ1) is 15.6. The predicted octanol–water partition coefficient (Wildman–Crippen LogP) is 3.99. The number of halogens is 1. The van der Waals surface area contributed by atoms with E-state index in [-0.39, 0.29) is 22.9 Å². The van der Waals surface area contributed by atoms with Gasteiger partial charge in [-0.1, -0.05) is 36.4 Å². The number of aromatic hydroxyl groups is 1. The van der Waals surface area contributed by atoms with Crippen molar-refractivity contribution in [3.63, 3.8) is 0 Å². The van der Waals surface area contributed by atoms with Gasteiger partial charge >= 0.3 is 0 Å². The van der Waals surface area contributed by atoms with Gasteiger partial charge in [0.2, 0.25) is 0 Å². The van der Waals surface area contributed by atoms with E-state index >= 15 is 0 Å². The van der Waals surface area contributed by atoms with E-state index in [1.54, 1.807) is 24.3 Å². The number of hydrogen-bond acceptors (Lipinski definition) is 3. The number of benzene rings is 3. The Hall–Kier alpha value is -3.27. The Morgan fingerprint density at radius 1 is 0.667 bits per heavy atom. The third-order valence-corrected chi connectivity index (χ3v) is 3.66. The molecular formula is C20H13FO3. The van der Waals surface area contributed by atoms with Crippen LogP contribution < -0.4 is 0 Å². The molecule has 3 nitrogen and oxygen atoms in total. The monoisotopic (exact) mass is 320 g/mol. The van der Waals surface area contributed by atoms with Gasteiger partial charge in [-0.15, -0.1) is 0 Å². The first-order chi connectivity index (χ1) is 11.6. The minimum Gasteiger partial charge on any atom is -0.507 e. The summed E-state index contributed by atoms with van der Waals surface area (Å²) in [5.41, 5.74) is 1.34. The summed E-state index contributed by atoms with van der Waals surface area (Å²) in [6, 6.07) is 17.7. The summed E-state index contributed by atoms with van der Waals surface area (Å²) in [4.78, 5) is 24.7. The Bertz CT molecular complexity index is 897. The fourth-order valence-corrected chi connectivity index (χ4v) is 2.36. The second-order valence-corrected chi connectivity index (χ2v) is 5.26. The van der Waals surface area contributed by atoms with Crippen LogP contribution in [0, 0.1) is 5.82 Å². The lowest BCUT2D eigenvalue weighted by molar-refractivity contribution is 0.102. The van der Waals surface area contributed by atoms with Crippen LogP contribution in [0.1, 0.15) is 31.8 Å². The highest BCUT2D eigenvalue weighted by molar-refractivity contribution is 6.12. The molecule has 0 spiro atoms. The van der Waals surface area contributed by atoms with Gasteiger partial charge in [-0.2, -0.15) is 0 Å². The van der Waals surface area contributed by atoms with Gasteiger partial charge in [0.25, 0.3) is 0 Å². The zero-order chi connectivity index (χ0) is 17.1. The molecule has 0 aliphatic carbocycles. The maximum absolute atomic E-state index is 12.9. The lowest BCUT2D eigenvalue weighted by Gasteiger charge is -2.05. The van der Waals surface area contributed by atoms with Crippen LogP contribution in [0.4, 0.5) is 4.39 Å². The van der Waals surface area contributed by atoms with Crippen molar-refractivity contribution in [1.82, 2.24) is 0 Å². The van der Waals surface area contributed by atoms with Crippen molar-refractivity contribution >= 4 is 11.6 Å². The maximum atomic E-state index is 12.9. The number of rotatable bonds is 4. The molecule has 0 saturated heterocycles. The van der Waals surface area contributed by atoms with Gasteiger partial charge < -0.3 is 5.11 Å². The van der Waals surface area contributed by atoms with Crippen molar-refractivity contribution in [2.24, 2.45) is 0 Å². The van der Waals surface area contributed by atoms with E-state index in [1.165, 1.54) is 48.5 Å². The SMILES string of the molecule is O=C(c1ccc(F)cc1)c1ccc(C(=O)c2ccccc2O)cc1. The normalized spacial score (nSPS) is 10.4. The first-order valence-electron chi connectivity index (χ1n) is 7.29. The smallest absolute Gasteiger partial charge is 0.196 e. The second-order valence-electron chi connectivity index (χ2n) is 5.26. The van der Waals surface area contributed by atoms with E-state index in [0.717, 1.165) is 0 Å². The van der Waals surface area contributed by atoms with E-state index in [1.807, 2.05) is 0 Å². The first-order valence-corrected chi connectivity index (χ1v) is 7.29. The molecule has 0 aromatic heterocycles.